The number of sulfonamides is 1. The second kappa shape index (κ2) is 5.87. The molecule has 0 aliphatic carbocycles. The van der Waals surface area contributed by atoms with Crippen LogP contribution in [0.15, 0.2) is 29.2 Å². The van der Waals surface area contributed by atoms with E-state index >= 15 is 0 Å². The predicted molar refractivity (Wildman–Crippen MR) is 63.3 cm³/mol. The van der Waals surface area contributed by atoms with E-state index < -0.39 is 31.6 Å². The van der Waals surface area contributed by atoms with E-state index in [1.165, 1.54) is 12.1 Å². The molecule has 18 heavy (non-hydrogen) atoms. The highest BCUT2D eigenvalue weighted by molar-refractivity contribution is 7.89. The molecule has 0 heterocycles. The molecule has 0 spiro atoms. The van der Waals surface area contributed by atoms with Crippen LogP contribution in [0.5, 0.6) is 0 Å². The first kappa shape index (κ1) is 14.5. The van der Waals surface area contributed by atoms with Crippen molar-refractivity contribution in [2.75, 3.05) is 13.2 Å². The fourth-order valence-corrected chi connectivity index (χ4v) is 2.46. The molecule has 4 N–H and O–H groups in total. The first-order valence-corrected chi connectivity index (χ1v) is 6.46. The number of para-hydroxylation sites is 1. The molecule has 9 heteroatoms. The van der Waals surface area contributed by atoms with Crippen LogP contribution in [0.25, 0.3) is 0 Å². The zero-order valence-corrected chi connectivity index (χ0v) is 10.1. The van der Waals surface area contributed by atoms with E-state index in [0.717, 1.165) is 12.1 Å². The van der Waals surface area contributed by atoms with Gasteiger partial charge in [-0.15, -0.1) is 0 Å². The van der Waals surface area contributed by atoms with Crippen molar-refractivity contribution in [1.29, 1.82) is 0 Å². The number of nitro benzene ring substituents is 1. The molecule has 0 aromatic heterocycles. The van der Waals surface area contributed by atoms with E-state index in [2.05, 4.69) is 4.72 Å². The van der Waals surface area contributed by atoms with Crippen LogP contribution in [0.3, 0.4) is 0 Å². The Morgan fingerprint density at radius 3 is 2.61 bits per heavy atom. The van der Waals surface area contributed by atoms with Crippen molar-refractivity contribution in [3.8, 4) is 0 Å². The van der Waals surface area contributed by atoms with E-state index in [0.29, 0.717) is 0 Å². The van der Waals surface area contributed by atoms with Gasteiger partial charge in [0.15, 0.2) is 4.90 Å². The van der Waals surface area contributed by atoms with Gasteiger partial charge in [-0.1, -0.05) is 12.1 Å². The Morgan fingerprint density at radius 1 is 1.44 bits per heavy atom. The Bertz CT molecular complexity index is 531. The van der Waals surface area contributed by atoms with Gasteiger partial charge in [0, 0.05) is 18.7 Å². The lowest BCUT2D eigenvalue weighted by Gasteiger charge is -2.10. The number of hydrogen-bond acceptors (Lipinski definition) is 6. The molecule has 1 aromatic carbocycles. The minimum absolute atomic E-state index is 0.203. The Balaban J connectivity index is 3.02. The zero-order valence-electron chi connectivity index (χ0n) is 9.31. The number of nitro groups is 1. The van der Waals surface area contributed by atoms with Crippen LogP contribution in [0.2, 0.25) is 0 Å². The molecule has 1 atom stereocenters. The third-order valence-corrected chi connectivity index (χ3v) is 3.59. The molecule has 0 amide bonds. The summed E-state index contributed by atoms with van der Waals surface area (Å²) in [5.74, 6) is 0. The highest BCUT2D eigenvalue weighted by Gasteiger charge is 2.25. The lowest BCUT2D eigenvalue weighted by atomic mass is 10.3. The molecule has 0 aliphatic heterocycles. The maximum absolute atomic E-state index is 11.8. The number of hydrogen-bond donors (Lipinski definition) is 3. The van der Waals surface area contributed by atoms with Crippen molar-refractivity contribution < 1.29 is 18.4 Å². The van der Waals surface area contributed by atoms with Gasteiger partial charge in [0.05, 0.1) is 11.5 Å². The maximum Gasteiger partial charge on any atom is 0.289 e. The van der Waals surface area contributed by atoms with Gasteiger partial charge in [-0.3, -0.25) is 10.1 Å². The van der Waals surface area contributed by atoms with Crippen LogP contribution in [0, 0.1) is 10.1 Å². The minimum Gasteiger partial charge on any atom is -0.395 e. The molecule has 0 unspecified atom stereocenters. The van der Waals surface area contributed by atoms with Gasteiger partial charge < -0.3 is 10.8 Å². The molecule has 0 radical (unpaired) electrons. The van der Waals surface area contributed by atoms with Gasteiger partial charge >= 0.3 is 0 Å². The van der Waals surface area contributed by atoms with Crippen LogP contribution < -0.4 is 10.5 Å². The fraction of sp³-hybridized carbons (Fsp3) is 0.333. The van der Waals surface area contributed by atoms with E-state index in [9.17, 15) is 18.5 Å². The summed E-state index contributed by atoms with van der Waals surface area (Å²) in [5.41, 5.74) is 4.83. The topological polar surface area (TPSA) is 136 Å². The summed E-state index contributed by atoms with van der Waals surface area (Å²) in [7, 11) is -4.02. The normalized spacial score (nSPS) is 13.2. The average Bonchev–Trinajstić information content (AvgIpc) is 2.36. The summed E-state index contributed by atoms with van der Waals surface area (Å²) in [6.45, 7) is -0.593. The molecular formula is C9H13N3O5S. The van der Waals surface area contributed by atoms with Crippen molar-refractivity contribution in [2.24, 2.45) is 5.73 Å². The number of nitrogens with one attached hydrogen (secondary N) is 1. The summed E-state index contributed by atoms with van der Waals surface area (Å²) in [4.78, 5) is 9.50. The molecule has 1 aromatic rings. The molecule has 100 valence electrons. The third kappa shape index (κ3) is 3.47. The number of nitrogens with zero attached hydrogens (tertiary/aromatic N) is 1. The molecule has 0 saturated carbocycles. The maximum atomic E-state index is 11.8. The number of aliphatic hydroxyl groups excluding tert-OH is 1. The molecule has 0 fully saturated rings. The predicted octanol–water partition coefficient (Wildman–Crippen LogP) is -0.807. The lowest BCUT2D eigenvalue weighted by molar-refractivity contribution is -0.387. The van der Waals surface area contributed by atoms with Crippen LogP contribution in [0.4, 0.5) is 5.69 Å². The summed E-state index contributed by atoms with van der Waals surface area (Å²) < 4.78 is 25.8. The summed E-state index contributed by atoms with van der Waals surface area (Å²) in [6, 6.07) is 4.22. The smallest absolute Gasteiger partial charge is 0.289 e. The highest BCUT2D eigenvalue weighted by atomic mass is 32.2. The van der Waals surface area contributed by atoms with E-state index in [1.54, 1.807) is 0 Å². The molecule has 0 aliphatic rings. The van der Waals surface area contributed by atoms with Crippen LogP contribution in [0.1, 0.15) is 0 Å². The Morgan fingerprint density at radius 2 is 2.06 bits per heavy atom. The Kier molecular flexibility index (Phi) is 4.73. The summed E-state index contributed by atoms with van der Waals surface area (Å²) in [6.07, 6.45) is 0. The summed E-state index contributed by atoms with van der Waals surface area (Å²) in [5, 5.41) is 19.4. The second-order valence-electron chi connectivity index (χ2n) is 3.52. The molecular weight excluding hydrogens is 262 g/mol. The van der Waals surface area contributed by atoms with Crippen LogP contribution >= 0.6 is 0 Å². The molecule has 1 rings (SSSR count). The minimum atomic E-state index is -4.02. The van der Waals surface area contributed by atoms with Gasteiger partial charge in [-0.05, 0) is 6.07 Å². The zero-order chi connectivity index (χ0) is 13.8. The average molecular weight is 275 g/mol. The fourth-order valence-electron chi connectivity index (χ4n) is 1.19. The first-order chi connectivity index (χ1) is 8.38. The van der Waals surface area contributed by atoms with Crippen molar-refractivity contribution in [3.63, 3.8) is 0 Å². The lowest BCUT2D eigenvalue weighted by Crippen LogP contribution is -2.39. The third-order valence-electron chi connectivity index (χ3n) is 2.12. The Labute approximate surface area is 104 Å². The molecule has 0 bridgehead atoms. The van der Waals surface area contributed by atoms with Crippen LogP contribution in [-0.2, 0) is 10.0 Å². The largest absolute Gasteiger partial charge is 0.395 e. The highest BCUT2D eigenvalue weighted by Crippen LogP contribution is 2.22. The van der Waals surface area contributed by atoms with E-state index in [1.807, 2.05) is 0 Å². The van der Waals surface area contributed by atoms with Crippen molar-refractivity contribution in [3.05, 3.63) is 34.4 Å². The first-order valence-electron chi connectivity index (χ1n) is 4.98. The van der Waals surface area contributed by atoms with Crippen molar-refractivity contribution in [1.82, 2.24) is 4.72 Å². The quantitative estimate of drug-likeness (QED) is 0.459. The van der Waals surface area contributed by atoms with Gasteiger partial charge in [-0.2, -0.15) is 0 Å². The number of nitrogens with two attached hydrogens (primary N) is 1. The number of aliphatic hydroxyl groups is 1. The van der Waals surface area contributed by atoms with Crippen LogP contribution in [-0.4, -0.2) is 37.6 Å². The molecule has 0 saturated heterocycles. The molecule has 8 nitrogen and oxygen atoms in total. The number of benzene rings is 1. The van der Waals surface area contributed by atoms with Gasteiger partial charge in [-0.25, -0.2) is 13.1 Å². The summed E-state index contributed by atoms with van der Waals surface area (Å²) >= 11 is 0. The monoisotopic (exact) mass is 275 g/mol. The van der Waals surface area contributed by atoms with Crippen molar-refractivity contribution >= 4 is 15.7 Å². The number of rotatable bonds is 6. The van der Waals surface area contributed by atoms with Crippen molar-refractivity contribution in [2.45, 2.75) is 10.9 Å². The second-order valence-corrected chi connectivity index (χ2v) is 5.25. The SMILES string of the molecule is N[C@H](CO)CNS(=O)(=O)c1ccccc1[N+](=O)[O-]. The van der Waals surface area contributed by atoms with Gasteiger partial charge in [0.2, 0.25) is 10.0 Å². The van der Waals surface area contributed by atoms with Gasteiger partial charge in [0.25, 0.3) is 5.69 Å². The van der Waals surface area contributed by atoms with E-state index in [-0.39, 0.29) is 13.2 Å². The standard InChI is InChI=1S/C9H13N3O5S/c10-7(6-13)5-11-18(16,17)9-4-2-1-3-8(9)12(14)15/h1-4,7,11,13H,5-6,10H2/t7-/m0/s1. The van der Waals surface area contributed by atoms with E-state index in [4.69, 9.17) is 10.8 Å². The van der Waals surface area contributed by atoms with Gasteiger partial charge in [0.1, 0.15) is 0 Å². The Hall–Kier alpha value is -1.55.